The molecule has 0 aromatic carbocycles. The Labute approximate surface area is 109 Å². The molecule has 17 heavy (non-hydrogen) atoms. The van der Waals surface area contributed by atoms with Gasteiger partial charge in [0.05, 0.1) is 11.4 Å². The smallest absolute Gasteiger partial charge is 0.255 e. The van der Waals surface area contributed by atoms with Crippen LogP contribution in [0.4, 0.5) is 0 Å². The molecule has 1 aliphatic heterocycles. The fraction of sp³-hybridized carbons (Fsp3) is 0.667. The number of hydrogen-bond donors (Lipinski definition) is 1. The molecular formula is C12H15ClN2OS. The van der Waals surface area contributed by atoms with Crippen molar-refractivity contribution < 1.29 is 0 Å². The first kappa shape index (κ1) is 11.6. The van der Waals surface area contributed by atoms with Gasteiger partial charge >= 0.3 is 0 Å². The van der Waals surface area contributed by atoms with Gasteiger partial charge in [-0.25, -0.2) is 4.98 Å². The largest absolute Gasteiger partial charge is 0.309 e. The summed E-state index contributed by atoms with van der Waals surface area (Å²) in [6.07, 6.45) is 3.54. The van der Waals surface area contributed by atoms with Crippen LogP contribution < -0.4 is 5.56 Å². The standard InChI is InChI=1S/C12H15ClN2OS/c1-6-2-3-7-8(4-6)17-12-10(7)11(16)14-9(5-13)15-12/h6-8H,2-5H2,1H3,(H,14,15,16)/t6-,7+,8-/m1/s1. The van der Waals surface area contributed by atoms with E-state index in [2.05, 4.69) is 16.9 Å². The van der Waals surface area contributed by atoms with Gasteiger partial charge in [0, 0.05) is 11.2 Å². The summed E-state index contributed by atoms with van der Waals surface area (Å²) in [6, 6.07) is 0. The van der Waals surface area contributed by atoms with Crippen LogP contribution in [0.5, 0.6) is 0 Å². The Morgan fingerprint density at radius 1 is 1.53 bits per heavy atom. The average Bonchev–Trinajstić information content (AvgIpc) is 2.66. The van der Waals surface area contributed by atoms with Crippen molar-refractivity contribution in [3.05, 3.63) is 21.7 Å². The summed E-state index contributed by atoms with van der Waals surface area (Å²) in [5.41, 5.74) is 0.945. The van der Waals surface area contributed by atoms with E-state index in [0.717, 1.165) is 22.9 Å². The zero-order valence-electron chi connectivity index (χ0n) is 9.70. The van der Waals surface area contributed by atoms with Gasteiger partial charge in [-0.15, -0.1) is 23.4 Å². The van der Waals surface area contributed by atoms with E-state index in [4.69, 9.17) is 11.6 Å². The molecule has 1 N–H and O–H groups in total. The molecule has 3 nitrogen and oxygen atoms in total. The minimum absolute atomic E-state index is 0.0280. The second-order valence-corrected chi connectivity index (χ2v) is 6.54. The van der Waals surface area contributed by atoms with Crippen molar-refractivity contribution in [1.29, 1.82) is 0 Å². The van der Waals surface area contributed by atoms with Crippen LogP contribution in [0.3, 0.4) is 0 Å². The third kappa shape index (κ3) is 1.91. The Kier molecular flexibility index (Phi) is 2.95. The van der Waals surface area contributed by atoms with Gasteiger partial charge in [-0.3, -0.25) is 4.79 Å². The summed E-state index contributed by atoms with van der Waals surface area (Å²) >= 11 is 7.51. The lowest BCUT2D eigenvalue weighted by molar-refractivity contribution is 0.359. The molecular weight excluding hydrogens is 256 g/mol. The number of nitrogens with one attached hydrogen (secondary N) is 1. The lowest BCUT2D eigenvalue weighted by Gasteiger charge is -2.28. The Morgan fingerprint density at radius 3 is 3.12 bits per heavy atom. The van der Waals surface area contributed by atoms with Crippen molar-refractivity contribution >= 4 is 23.4 Å². The van der Waals surface area contributed by atoms with E-state index in [1.54, 1.807) is 11.8 Å². The summed E-state index contributed by atoms with van der Waals surface area (Å²) in [5, 5.41) is 1.47. The van der Waals surface area contributed by atoms with Crippen LogP contribution in [0.1, 0.15) is 43.5 Å². The quantitative estimate of drug-likeness (QED) is 0.630. The van der Waals surface area contributed by atoms with Crippen molar-refractivity contribution in [2.45, 2.75) is 48.3 Å². The van der Waals surface area contributed by atoms with Gasteiger partial charge in [0.1, 0.15) is 10.9 Å². The van der Waals surface area contributed by atoms with E-state index in [1.165, 1.54) is 12.8 Å². The fourth-order valence-electron chi connectivity index (χ4n) is 2.92. The SMILES string of the molecule is C[C@@H]1CC[C@@H]2c3c(nc(CCl)[nH]c3=O)S[C@@H]2C1. The van der Waals surface area contributed by atoms with E-state index in [1.807, 2.05) is 0 Å². The van der Waals surface area contributed by atoms with E-state index in [-0.39, 0.29) is 11.4 Å². The van der Waals surface area contributed by atoms with Gasteiger partial charge in [0.15, 0.2) is 0 Å². The van der Waals surface area contributed by atoms with Crippen LogP contribution in [0, 0.1) is 5.92 Å². The lowest BCUT2D eigenvalue weighted by atomic mass is 9.80. The highest BCUT2D eigenvalue weighted by molar-refractivity contribution is 8.00. The first-order valence-corrected chi connectivity index (χ1v) is 7.46. The molecule has 1 aromatic rings. The van der Waals surface area contributed by atoms with Crippen LogP contribution in [-0.4, -0.2) is 15.2 Å². The van der Waals surface area contributed by atoms with Crippen molar-refractivity contribution in [3.63, 3.8) is 0 Å². The zero-order chi connectivity index (χ0) is 12.0. The van der Waals surface area contributed by atoms with Gasteiger partial charge in [-0.2, -0.15) is 0 Å². The van der Waals surface area contributed by atoms with Crippen molar-refractivity contribution in [2.24, 2.45) is 5.92 Å². The lowest BCUT2D eigenvalue weighted by Crippen LogP contribution is -2.25. The summed E-state index contributed by atoms with van der Waals surface area (Å²) in [4.78, 5) is 19.3. The van der Waals surface area contributed by atoms with Crippen LogP contribution in [0.25, 0.3) is 0 Å². The average molecular weight is 271 g/mol. The first-order valence-electron chi connectivity index (χ1n) is 6.04. The highest BCUT2D eigenvalue weighted by Gasteiger charge is 2.40. The summed E-state index contributed by atoms with van der Waals surface area (Å²) in [7, 11) is 0. The third-order valence-corrected chi connectivity index (χ3v) is 5.40. The summed E-state index contributed by atoms with van der Waals surface area (Å²) < 4.78 is 0. The molecule has 2 heterocycles. The van der Waals surface area contributed by atoms with E-state index < -0.39 is 0 Å². The number of rotatable bonds is 1. The predicted molar refractivity (Wildman–Crippen MR) is 69.8 cm³/mol. The van der Waals surface area contributed by atoms with Gasteiger partial charge in [0.25, 0.3) is 5.56 Å². The fourth-order valence-corrected chi connectivity index (χ4v) is 4.73. The number of aromatic amines is 1. The number of halogens is 1. The third-order valence-electron chi connectivity index (χ3n) is 3.78. The second kappa shape index (κ2) is 4.32. The van der Waals surface area contributed by atoms with Crippen molar-refractivity contribution in [2.75, 3.05) is 0 Å². The van der Waals surface area contributed by atoms with Gasteiger partial charge in [-0.05, 0) is 18.8 Å². The topological polar surface area (TPSA) is 45.8 Å². The molecule has 3 atom stereocenters. The van der Waals surface area contributed by atoms with Gasteiger partial charge < -0.3 is 4.98 Å². The van der Waals surface area contributed by atoms with Crippen LogP contribution in [0.2, 0.25) is 0 Å². The van der Waals surface area contributed by atoms with E-state index >= 15 is 0 Å². The Bertz CT molecular complexity index is 502. The number of aromatic nitrogens is 2. The molecule has 92 valence electrons. The molecule has 0 spiro atoms. The molecule has 1 aliphatic carbocycles. The Morgan fingerprint density at radius 2 is 2.35 bits per heavy atom. The predicted octanol–water partition coefficient (Wildman–Crippen LogP) is 2.89. The van der Waals surface area contributed by atoms with Crippen LogP contribution >= 0.6 is 23.4 Å². The monoisotopic (exact) mass is 270 g/mol. The maximum absolute atomic E-state index is 12.1. The molecule has 1 aromatic heterocycles. The minimum atomic E-state index is 0.0280. The van der Waals surface area contributed by atoms with Gasteiger partial charge in [-0.1, -0.05) is 13.3 Å². The van der Waals surface area contributed by atoms with Crippen LogP contribution in [0.15, 0.2) is 9.82 Å². The first-order chi connectivity index (χ1) is 8.19. The highest BCUT2D eigenvalue weighted by Crippen LogP contribution is 2.50. The van der Waals surface area contributed by atoms with Gasteiger partial charge in [0.2, 0.25) is 0 Å². The Hall–Kier alpha value is -0.480. The van der Waals surface area contributed by atoms with E-state index in [0.29, 0.717) is 17.0 Å². The molecule has 0 saturated heterocycles. The number of alkyl halides is 1. The molecule has 1 saturated carbocycles. The number of nitrogens with zero attached hydrogens (tertiary/aromatic N) is 1. The number of fused-ring (bicyclic) bond motifs is 3. The number of H-pyrrole nitrogens is 1. The Balaban J connectivity index is 2.02. The second-order valence-electron chi connectivity index (χ2n) is 5.05. The summed E-state index contributed by atoms with van der Waals surface area (Å²) in [5.74, 6) is 2.04. The van der Waals surface area contributed by atoms with Crippen molar-refractivity contribution in [1.82, 2.24) is 9.97 Å². The molecule has 3 rings (SSSR count). The molecule has 0 unspecified atom stereocenters. The maximum atomic E-state index is 12.1. The maximum Gasteiger partial charge on any atom is 0.255 e. The number of thioether (sulfide) groups is 1. The molecule has 0 bridgehead atoms. The van der Waals surface area contributed by atoms with Crippen molar-refractivity contribution in [3.8, 4) is 0 Å². The normalized spacial score (nSPS) is 31.1. The zero-order valence-corrected chi connectivity index (χ0v) is 11.3. The van der Waals surface area contributed by atoms with Crippen LogP contribution in [-0.2, 0) is 5.88 Å². The molecule has 0 amide bonds. The molecule has 1 fully saturated rings. The molecule has 2 aliphatic rings. The highest BCUT2D eigenvalue weighted by atomic mass is 35.5. The molecule has 0 radical (unpaired) electrons. The van der Waals surface area contributed by atoms with E-state index in [9.17, 15) is 4.79 Å². The number of hydrogen-bond acceptors (Lipinski definition) is 3. The summed E-state index contributed by atoms with van der Waals surface area (Å²) in [6.45, 7) is 2.29. The molecule has 5 heteroatoms. The minimum Gasteiger partial charge on any atom is -0.309 e.